The standard InChI is InChI=1S/C33H45FO4S/c1-4-7-14-35-23-31-33(37-16-9-6-3)30(36-15-8-5-2)22-29(38-31)26-17-24(18-27(34)20-26)19-28-21-25-12-10-11-13-32(25)39-28/h10-13,17-18,20-21,29-31,33H,4-9,14-16,19,22-23H2,1-3H3/t29-,30?,31-,33+/m1/s1. The second kappa shape index (κ2) is 15.8. The molecule has 39 heavy (non-hydrogen) atoms. The van der Waals surface area contributed by atoms with Crippen LogP contribution in [-0.2, 0) is 25.4 Å². The van der Waals surface area contributed by atoms with Crippen molar-refractivity contribution < 1.29 is 23.3 Å². The Balaban J connectivity index is 1.55. The molecule has 1 unspecified atom stereocenters. The first-order chi connectivity index (χ1) is 19.1. The predicted octanol–water partition coefficient (Wildman–Crippen LogP) is 8.65. The van der Waals surface area contributed by atoms with Crippen molar-refractivity contribution in [3.63, 3.8) is 0 Å². The molecule has 3 aromatic rings. The molecule has 4 rings (SSSR count). The number of hydrogen-bond donors (Lipinski definition) is 0. The summed E-state index contributed by atoms with van der Waals surface area (Å²) >= 11 is 1.77. The number of fused-ring (bicyclic) bond motifs is 1. The molecule has 1 aromatic heterocycles. The normalized spacial score (nSPS) is 21.5. The Morgan fingerprint density at radius 3 is 2.41 bits per heavy atom. The Hall–Kier alpha value is -1.83. The van der Waals surface area contributed by atoms with E-state index in [4.69, 9.17) is 18.9 Å². The number of rotatable bonds is 16. The van der Waals surface area contributed by atoms with Gasteiger partial charge in [0.2, 0.25) is 0 Å². The van der Waals surface area contributed by atoms with Crippen LogP contribution in [0.1, 0.15) is 87.8 Å². The molecule has 1 aliphatic rings. The van der Waals surface area contributed by atoms with Gasteiger partial charge in [0.25, 0.3) is 0 Å². The molecule has 214 valence electrons. The van der Waals surface area contributed by atoms with Crippen LogP contribution in [-0.4, -0.2) is 44.7 Å². The van der Waals surface area contributed by atoms with Crippen LogP contribution in [0.5, 0.6) is 0 Å². The van der Waals surface area contributed by atoms with E-state index in [1.54, 1.807) is 23.5 Å². The SMILES string of the molecule is CCCCOC[C@H]1O[C@@H](c2cc(F)cc(Cc3cc4ccccc4s3)c2)CC(OCCCC)[C@@H]1OCCCC. The molecule has 0 saturated carbocycles. The van der Waals surface area contributed by atoms with Crippen molar-refractivity contribution in [2.45, 2.75) is 96.6 Å². The molecule has 0 N–H and O–H groups in total. The van der Waals surface area contributed by atoms with Crippen LogP contribution in [0.4, 0.5) is 4.39 Å². The van der Waals surface area contributed by atoms with Crippen LogP contribution in [0, 0.1) is 5.82 Å². The third-order valence-electron chi connectivity index (χ3n) is 7.29. The lowest BCUT2D eigenvalue weighted by Gasteiger charge is -2.42. The Bertz CT molecular complexity index is 1100. The van der Waals surface area contributed by atoms with Gasteiger partial charge in [-0.1, -0.05) is 64.3 Å². The summed E-state index contributed by atoms with van der Waals surface area (Å²) < 4.78 is 41.7. The zero-order chi connectivity index (χ0) is 27.5. The largest absolute Gasteiger partial charge is 0.379 e. The molecule has 4 nitrogen and oxygen atoms in total. The zero-order valence-electron chi connectivity index (χ0n) is 23.8. The van der Waals surface area contributed by atoms with Gasteiger partial charge in [-0.05, 0) is 60.0 Å². The molecule has 1 saturated heterocycles. The van der Waals surface area contributed by atoms with E-state index in [1.165, 1.54) is 15.0 Å². The fraction of sp³-hybridized carbons (Fsp3) is 0.576. The summed E-state index contributed by atoms with van der Waals surface area (Å²) in [5.41, 5.74) is 1.82. The smallest absolute Gasteiger partial charge is 0.123 e. The Labute approximate surface area is 237 Å². The number of hydrogen-bond acceptors (Lipinski definition) is 5. The van der Waals surface area contributed by atoms with Crippen LogP contribution in [0.2, 0.25) is 0 Å². The number of unbranched alkanes of at least 4 members (excludes halogenated alkanes) is 3. The maximum Gasteiger partial charge on any atom is 0.123 e. The average molecular weight is 557 g/mol. The summed E-state index contributed by atoms with van der Waals surface area (Å²) in [7, 11) is 0. The third kappa shape index (κ3) is 8.83. The number of ether oxygens (including phenoxy) is 4. The zero-order valence-corrected chi connectivity index (χ0v) is 24.6. The number of halogens is 1. The molecular weight excluding hydrogens is 511 g/mol. The first-order valence-electron chi connectivity index (χ1n) is 14.8. The molecule has 2 heterocycles. The molecule has 6 heteroatoms. The van der Waals surface area contributed by atoms with Crippen LogP contribution in [0.15, 0.2) is 48.5 Å². The Morgan fingerprint density at radius 2 is 1.64 bits per heavy atom. The van der Waals surface area contributed by atoms with E-state index in [1.807, 2.05) is 0 Å². The van der Waals surface area contributed by atoms with E-state index < -0.39 is 0 Å². The lowest BCUT2D eigenvalue weighted by Crippen LogP contribution is -2.50. The quantitative estimate of drug-likeness (QED) is 0.165. The van der Waals surface area contributed by atoms with Gasteiger partial charge in [0.1, 0.15) is 18.0 Å². The highest BCUT2D eigenvalue weighted by atomic mass is 32.1. The summed E-state index contributed by atoms with van der Waals surface area (Å²) in [6.07, 6.45) is 6.70. The first kappa shape index (κ1) is 30.1. The first-order valence-corrected chi connectivity index (χ1v) is 15.7. The third-order valence-corrected chi connectivity index (χ3v) is 8.40. The lowest BCUT2D eigenvalue weighted by molar-refractivity contribution is -0.216. The summed E-state index contributed by atoms with van der Waals surface area (Å²) in [5, 5.41) is 1.23. The minimum Gasteiger partial charge on any atom is -0.379 e. The van der Waals surface area contributed by atoms with Crippen LogP contribution in [0.25, 0.3) is 10.1 Å². The topological polar surface area (TPSA) is 36.9 Å². The van der Waals surface area contributed by atoms with Gasteiger partial charge < -0.3 is 18.9 Å². The van der Waals surface area contributed by atoms with Gasteiger partial charge in [0.05, 0.1) is 18.8 Å². The van der Waals surface area contributed by atoms with Crippen molar-refractivity contribution in [3.8, 4) is 0 Å². The molecule has 1 fully saturated rings. The molecule has 0 bridgehead atoms. The molecule has 0 radical (unpaired) electrons. The Kier molecular flexibility index (Phi) is 12.2. The summed E-state index contributed by atoms with van der Waals surface area (Å²) in [6, 6.07) is 16.0. The van der Waals surface area contributed by atoms with Crippen LogP contribution in [0.3, 0.4) is 0 Å². The number of benzene rings is 2. The van der Waals surface area contributed by atoms with Crippen molar-refractivity contribution >= 4 is 21.4 Å². The van der Waals surface area contributed by atoms with E-state index in [-0.39, 0.29) is 30.2 Å². The van der Waals surface area contributed by atoms with Gasteiger partial charge in [-0.25, -0.2) is 4.39 Å². The van der Waals surface area contributed by atoms with Gasteiger partial charge in [-0.2, -0.15) is 0 Å². The highest BCUT2D eigenvalue weighted by Gasteiger charge is 2.41. The van der Waals surface area contributed by atoms with E-state index >= 15 is 0 Å². The predicted molar refractivity (Wildman–Crippen MR) is 158 cm³/mol. The van der Waals surface area contributed by atoms with Crippen LogP contribution >= 0.6 is 11.3 Å². The van der Waals surface area contributed by atoms with Crippen LogP contribution < -0.4 is 0 Å². The van der Waals surface area contributed by atoms with Gasteiger partial charge in [-0.3, -0.25) is 0 Å². The van der Waals surface area contributed by atoms with Gasteiger partial charge in [0.15, 0.2) is 0 Å². The molecule has 0 aliphatic carbocycles. The molecular formula is C33H45FO4S. The van der Waals surface area contributed by atoms with Crippen molar-refractivity contribution in [3.05, 3.63) is 70.4 Å². The number of thiophene rings is 1. The van der Waals surface area contributed by atoms with Gasteiger partial charge >= 0.3 is 0 Å². The maximum atomic E-state index is 15.0. The molecule has 0 spiro atoms. The monoisotopic (exact) mass is 556 g/mol. The fourth-order valence-corrected chi connectivity index (χ4v) is 6.23. The molecule has 1 aliphatic heterocycles. The molecule has 4 atom stereocenters. The van der Waals surface area contributed by atoms with E-state index in [9.17, 15) is 4.39 Å². The Morgan fingerprint density at radius 1 is 0.897 bits per heavy atom. The van der Waals surface area contributed by atoms with Gasteiger partial charge in [-0.15, -0.1) is 11.3 Å². The second-order valence-electron chi connectivity index (χ2n) is 10.6. The van der Waals surface area contributed by atoms with Crippen molar-refractivity contribution in [2.75, 3.05) is 26.4 Å². The fourth-order valence-electron chi connectivity index (χ4n) is 5.13. The second-order valence-corrected chi connectivity index (χ2v) is 11.8. The van der Waals surface area contributed by atoms with Crippen molar-refractivity contribution in [1.82, 2.24) is 0 Å². The highest BCUT2D eigenvalue weighted by Crippen LogP contribution is 2.36. The molecule has 0 amide bonds. The van der Waals surface area contributed by atoms with E-state index in [0.717, 1.165) is 49.7 Å². The summed E-state index contributed by atoms with van der Waals surface area (Å²) in [5.74, 6) is -0.229. The van der Waals surface area contributed by atoms with Gasteiger partial charge in [0, 0.05) is 42.2 Å². The van der Waals surface area contributed by atoms with E-state index in [2.05, 4.69) is 57.2 Å². The highest BCUT2D eigenvalue weighted by molar-refractivity contribution is 7.19. The maximum absolute atomic E-state index is 15.0. The summed E-state index contributed by atoms with van der Waals surface area (Å²) in [4.78, 5) is 1.23. The summed E-state index contributed by atoms with van der Waals surface area (Å²) in [6.45, 7) is 9.00. The lowest BCUT2D eigenvalue weighted by atomic mass is 9.92. The minimum atomic E-state index is -0.278. The van der Waals surface area contributed by atoms with Crippen molar-refractivity contribution in [1.29, 1.82) is 0 Å². The van der Waals surface area contributed by atoms with E-state index in [0.29, 0.717) is 39.3 Å². The van der Waals surface area contributed by atoms with Crippen molar-refractivity contribution in [2.24, 2.45) is 0 Å². The average Bonchev–Trinajstić information content (AvgIpc) is 3.34. The minimum absolute atomic E-state index is 0.124. The molecule has 2 aromatic carbocycles.